The van der Waals surface area contributed by atoms with E-state index in [0.29, 0.717) is 6.42 Å². The van der Waals surface area contributed by atoms with E-state index in [1.807, 2.05) is 6.08 Å². The molecule has 0 aliphatic carbocycles. The monoisotopic (exact) mass is 574 g/mol. The number of carbonyl (C=O) groups excluding carboxylic acids is 1. The zero-order chi connectivity index (χ0) is 29.0. The summed E-state index contributed by atoms with van der Waals surface area (Å²) in [4.78, 5) is 22.4. The van der Waals surface area contributed by atoms with Crippen LogP contribution in [0.4, 0.5) is 0 Å². The molecule has 5 N–H and O–H groups in total. The number of phosphoric ester groups is 1. The van der Waals surface area contributed by atoms with Crippen molar-refractivity contribution in [1.29, 1.82) is 0 Å². The molecule has 8 nitrogen and oxygen atoms in total. The molecular weight excluding hydrogens is 515 g/mol. The first-order valence-corrected chi connectivity index (χ1v) is 17.0. The highest BCUT2D eigenvalue weighted by Gasteiger charge is 2.26. The van der Waals surface area contributed by atoms with Crippen LogP contribution in [-0.4, -0.2) is 47.8 Å². The summed E-state index contributed by atoms with van der Waals surface area (Å²) in [6.07, 6.45) is 26.6. The second kappa shape index (κ2) is 27.2. The van der Waals surface area contributed by atoms with E-state index >= 15 is 0 Å². The molecule has 0 heterocycles. The lowest BCUT2D eigenvalue weighted by Crippen LogP contribution is -2.45. The highest BCUT2D eigenvalue weighted by Crippen LogP contribution is 2.43. The third kappa shape index (κ3) is 25.7. The Balaban J connectivity index is 4.44. The Hall–Kier alpha value is -1.02. The average Bonchev–Trinajstić information content (AvgIpc) is 2.91. The van der Waals surface area contributed by atoms with Crippen LogP contribution in [0, 0.1) is 0 Å². The number of hydrogen-bond acceptors (Lipinski definition) is 6. The predicted molar refractivity (Wildman–Crippen MR) is 161 cm³/mol. The van der Waals surface area contributed by atoms with Crippen molar-refractivity contribution in [3.05, 3.63) is 24.3 Å². The minimum atomic E-state index is -4.32. The number of rotatable bonds is 28. The normalized spacial score (nSPS) is 15.1. The molecule has 3 unspecified atom stereocenters. The number of aliphatic hydroxyl groups is 1. The van der Waals surface area contributed by atoms with Gasteiger partial charge in [0.05, 0.1) is 25.4 Å². The fraction of sp³-hybridized carbons (Fsp3) is 0.833. The summed E-state index contributed by atoms with van der Waals surface area (Å²) in [6, 6.07) is -0.857. The molecule has 0 aromatic rings. The number of nitrogens with one attached hydrogen (secondary N) is 1. The van der Waals surface area contributed by atoms with Crippen LogP contribution in [0.3, 0.4) is 0 Å². The van der Waals surface area contributed by atoms with Gasteiger partial charge in [-0.1, -0.05) is 102 Å². The van der Waals surface area contributed by atoms with Gasteiger partial charge in [0.25, 0.3) is 0 Å². The van der Waals surface area contributed by atoms with E-state index in [0.717, 1.165) is 51.4 Å². The molecule has 0 bridgehead atoms. The predicted octanol–water partition coefficient (Wildman–Crippen LogP) is 7.10. The van der Waals surface area contributed by atoms with Crippen LogP contribution >= 0.6 is 7.82 Å². The standard InChI is InChI=1S/C30H59N2O6P/c1-3-5-7-9-11-13-14-15-16-18-20-22-24-30(34)32-28(27-38-39(35,36)37-26-25-31)29(33)23-21-19-17-12-10-8-6-4-2/h11,13,21,23,28-29,33H,3-10,12,14-20,22,24-27,31H2,1-2H3,(H,32,34)(H,35,36)/b13-11-,23-21+. The van der Waals surface area contributed by atoms with Crippen molar-refractivity contribution >= 4 is 13.7 Å². The minimum absolute atomic E-state index is 0.0770. The van der Waals surface area contributed by atoms with Crippen LogP contribution in [-0.2, 0) is 18.4 Å². The van der Waals surface area contributed by atoms with Crippen molar-refractivity contribution in [3.8, 4) is 0 Å². The van der Waals surface area contributed by atoms with E-state index in [1.54, 1.807) is 6.08 Å². The van der Waals surface area contributed by atoms with Crippen LogP contribution in [0.5, 0.6) is 0 Å². The Morgan fingerprint density at radius 2 is 1.33 bits per heavy atom. The van der Waals surface area contributed by atoms with Gasteiger partial charge in [-0.2, -0.15) is 0 Å². The number of unbranched alkanes of at least 4 members (excludes halogenated alkanes) is 14. The summed E-state index contributed by atoms with van der Waals surface area (Å²) in [5.41, 5.74) is 5.32. The zero-order valence-corrected chi connectivity index (χ0v) is 25.8. The van der Waals surface area contributed by atoms with Crippen molar-refractivity contribution in [2.24, 2.45) is 5.73 Å². The highest BCUT2D eigenvalue weighted by atomic mass is 31.2. The SMILES string of the molecule is CCCCC/C=C\CCCCCCCC(=O)NC(COP(=O)(O)OCCN)C(O)/C=C/CCCCCCCC. The minimum Gasteiger partial charge on any atom is -0.387 e. The maximum absolute atomic E-state index is 12.5. The molecule has 0 fully saturated rings. The van der Waals surface area contributed by atoms with E-state index < -0.39 is 20.0 Å². The summed E-state index contributed by atoms with van der Waals surface area (Å²) in [6.45, 7) is 4.02. The van der Waals surface area contributed by atoms with Gasteiger partial charge in [0.2, 0.25) is 5.91 Å². The molecule has 0 saturated carbocycles. The summed E-state index contributed by atoms with van der Waals surface area (Å²) in [7, 11) is -4.32. The lowest BCUT2D eigenvalue weighted by Gasteiger charge is -2.23. The topological polar surface area (TPSA) is 131 Å². The molecule has 39 heavy (non-hydrogen) atoms. The fourth-order valence-corrected chi connectivity index (χ4v) is 4.88. The molecule has 9 heteroatoms. The number of phosphoric acid groups is 1. The quantitative estimate of drug-likeness (QED) is 0.0445. The van der Waals surface area contributed by atoms with Gasteiger partial charge < -0.3 is 21.1 Å². The van der Waals surface area contributed by atoms with Crippen LogP contribution in [0.15, 0.2) is 24.3 Å². The maximum Gasteiger partial charge on any atom is 0.472 e. The zero-order valence-electron chi connectivity index (χ0n) is 24.9. The third-order valence-corrected chi connectivity index (χ3v) is 7.51. The Bertz CT molecular complexity index is 674. The fourth-order valence-electron chi connectivity index (χ4n) is 4.12. The Morgan fingerprint density at radius 3 is 1.95 bits per heavy atom. The molecule has 0 rings (SSSR count). The Morgan fingerprint density at radius 1 is 0.821 bits per heavy atom. The van der Waals surface area contributed by atoms with Crippen LogP contribution in [0.1, 0.15) is 129 Å². The molecule has 0 aliphatic rings. The maximum atomic E-state index is 12.5. The second-order valence-corrected chi connectivity index (χ2v) is 11.8. The number of aliphatic hydroxyl groups excluding tert-OH is 1. The molecule has 3 atom stereocenters. The summed E-state index contributed by atoms with van der Waals surface area (Å²) in [5, 5.41) is 13.4. The smallest absolute Gasteiger partial charge is 0.387 e. The van der Waals surface area contributed by atoms with Crippen LogP contribution in [0.25, 0.3) is 0 Å². The molecule has 0 aromatic heterocycles. The highest BCUT2D eigenvalue weighted by molar-refractivity contribution is 7.47. The van der Waals surface area contributed by atoms with Crippen molar-refractivity contribution in [3.63, 3.8) is 0 Å². The molecular formula is C30H59N2O6P. The molecule has 0 radical (unpaired) electrons. The summed E-state index contributed by atoms with van der Waals surface area (Å²) >= 11 is 0. The van der Waals surface area contributed by atoms with Gasteiger partial charge in [-0.15, -0.1) is 0 Å². The first-order chi connectivity index (χ1) is 18.9. The number of carbonyl (C=O) groups is 1. The van der Waals surface area contributed by atoms with Crippen molar-refractivity contribution in [1.82, 2.24) is 5.32 Å². The molecule has 0 spiro atoms. The van der Waals surface area contributed by atoms with Gasteiger partial charge in [0, 0.05) is 13.0 Å². The largest absolute Gasteiger partial charge is 0.472 e. The van der Waals surface area contributed by atoms with Gasteiger partial charge in [0.15, 0.2) is 0 Å². The first-order valence-electron chi connectivity index (χ1n) is 15.5. The van der Waals surface area contributed by atoms with Crippen LogP contribution < -0.4 is 11.1 Å². The summed E-state index contributed by atoms with van der Waals surface area (Å²) in [5.74, 6) is -0.211. The Kier molecular flexibility index (Phi) is 26.5. The van der Waals surface area contributed by atoms with Gasteiger partial charge in [-0.05, 0) is 44.9 Å². The number of amides is 1. The third-order valence-electron chi connectivity index (χ3n) is 6.52. The van der Waals surface area contributed by atoms with Gasteiger partial charge >= 0.3 is 7.82 Å². The van der Waals surface area contributed by atoms with Crippen molar-refractivity contribution in [2.45, 2.75) is 142 Å². The van der Waals surface area contributed by atoms with E-state index in [-0.39, 0.29) is 25.7 Å². The molecule has 0 saturated heterocycles. The van der Waals surface area contributed by atoms with Crippen LogP contribution in [0.2, 0.25) is 0 Å². The summed E-state index contributed by atoms with van der Waals surface area (Å²) < 4.78 is 21.8. The van der Waals surface area contributed by atoms with Crippen molar-refractivity contribution in [2.75, 3.05) is 19.8 Å². The lowest BCUT2D eigenvalue weighted by molar-refractivity contribution is -0.123. The molecule has 230 valence electrons. The van der Waals surface area contributed by atoms with Gasteiger partial charge in [-0.3, -0.25) is 13.8 Å². The first kappa shape index (κ1) is 38.0. The molecule has 1 amide bonds. The average molecular weight is 575 g/mol. The van der Waals surface area contributed by atoms with Crippen molar-refractivity contribution < 1.29 is 28.4 Å². The van der Waals surface area contributed by atoms with Gasteiger partial charge in [0.1, 0.15) is 0 Å². The van der Waals surface area contributed by atoms with E-state index in [1.165, 1.54) is 57.8 Å². The Labute approximate surface area is 238 Å². The van der Waals surface area contributed by atoms with E-state index in [2.05, 4.69) is 31.3 Å². The molecule has 0 aliphatic heterocycles. The second-order valence-electron chi connectivity index (χ2n) is 10.3. The van der Waals surface area contributed by atoms with Gasteiger partial charge in [-0.25, -0.2) is 4.57 Å². The lowest BCUT2D eigenvalue weighted by atomic mass is 10.1. The van der Waals surface area contributed by atoms with E-state index in [4.69, 9.17) is 14.8 Å². The number of hydrogen-bond donors (Lipinski definition) is 4. The van der Waals surface area contributed by atoms with E-state index in [9.17, 15) is 19.4 Å². The number of nitrogens with two attached hydrogens (primary N) is 1. The number of allylic oxidation sites excluding steroid dienone is 3. The molecule has 0 aromatic carbocycles.